The van der Waals surface area contributed by atoms with Crippen LogP contribution < -0.4 is 0 Å². The van der Waals surface area contributed by atoms with Gasteiger partial charge in [-0.1, -0.05) is 69.0 Å². The molecule has 4 rings (SSSR count). The first-order valence-electron chi connectivity index (χ1n) is 13.5. The van der Waals surface area contributed by atoms with Crippen LogP contribution in [0.2, 0.25) is 0 Å². The van der Waals surface area contributed by atoms with Crippen LogP contribution in [0.4, 0.5) is 13.2 Å². The average molecular weight is 515 g/mol. The van der Waals surface area contributed by atoms with Gasteiger partial charge >= 0.3 is 0 Å². The lowest BCUT2D eigenvalue weighted by Gasteiger charge is -2.29. The van der Waals surface area contributed by atoms with Gasteiger partial charge in [0.05, 0.1) is 13.2 Å². The molecule has 0 aliphatic carbocycles. The van der Waals surface area contributed by atoms with Gasteiger partial charge in [-0.15, -0.1) is 0 Å². The monoisotopic (exact) mass is 514 g/mol. The summed E-state index contributed by atoms with van der Waals surface area (Å²) in [6.07, 6.45) is 8.17. The summed E-state index contributed by atoms with van der Waals surface area (Å²) in [5.41, 5.74) is 2.30. The molecule has 0 spiro atoms. The van der Waals surface area contributed by atoms with Crippen LogP contribution in [0.25, 0.3) is 10.8 Å². The molecule has 0 N–H and O–H groups in total. The molecular weight excluding hydrogens is 477 g/mol. The van der Waals surface area contributed by atoms with Crippen molar-refractivity contribution in [3.8, 4) is 0 Å². The number of ether oxygens (including phenoxy) is 3. The van der Waals surface area contributed by atoms with Gasteiger partial charge in [0, 0.05) is 18.4 Å². The van der Waals surface area contributed by atoms with E-state index < -0.39 is 11.6 Å². The van der Waals surface area contributed by atoms with Crippen LogP contribution >= 0.6 is 0 Å². The predicted octanol–water partition coefficient (Wildman–Crippen LogP) is 7.70. The van der Waals surface area contributed by atoms with Gasteiger partial charge < -0.3 is 14.2 Å². The fourth-order valence-electron chi connectivity index (χ4n) is 4.74. The summed E-state index contributed by atoms with van der Waals surface area (Å²) in [7, 11) is 0. The molecule has 0 aromatic heterocycles. The van der Waals surface area contributed by atoms with Crippen molar-refractivity contribution in [3.63, 3.8) is 0 Å². The fraction of sp³-hybridized carbons (Fsp3) is 0.484. The summed E-state index contributed by atoms with van der Waals surface area (Å²) >= 11 is 0. The Hall–Kier alpha value is -2.41. The number of unbranched alkanes of at least 4 members (excludes halogenated alkanes) is 4. The second-order valence-electron chi connectivity index (χ2n) is 9.88. The van der Waals surface area contributed by atoms with E-state index in [0.29, 0.717) is 42.6 Å². The average Bonchev–Trinajstić information content (AvgIpc) is 2.91. The maximum absolute atomic E-state index is 15.1. The Kier molecular flexibility index (Phi) is 10.4. The quantitative estimate of drug-likeness (QED) is 0.219. The number of rotatable bonds is 13. The van der Waals surface area contributed by atoms with Crippen LogP contribution in [0.15, 0.2) is 48.5 Å². The van der Waals surface area contributed by atoms with Gasteiger partial charge in [0.2, 0.25) is 0 Å². The number of benzene rings is 3. The Labute approximate surface area is 217 Å². The van der Waals surface area contributed by atoms with Crippen molar-refractivity contribution in [3.05, 3.63) is 82.7 Å². The van der Waals surface area contributed by atoms with E-state index in [4.69, 9.17) is 14.2 Å². The summed E-state index contributed by atoms with van der Waals surface area (Å²) in [5, 5.41) is 1.40. The first-order chi connectivity index (χ1) is 18.0. The lowest BCUT2D eigenvalue weighted by molar-refractivity contribution is -0.227. The molecule has 37 heavy (non-hydrogen) atoms. The van der Waals surface area contributed by atoms with Crippen LogP contribution in [0.1, 0.15) is 62.1 Å². The van der Waals surface area contributed by atoms with Crippen LogP contribution in [0.5, 0.6) is 0 Å². The van der Waals surface area contributed by atoms with Crippen molar-refractivity contribution in [1.29, 1.82) is 0 Å². The standard InChI is InChI=1S/C31H37F3O3/c1-2-3-4-5-6-17-35-26-20-36-30(37-21-26)16-10-22-8-14-27-25(18-22)13-12-24(31(27)34)11-7-23-9-15-28(32)29(33)19-23/h8-9,12-15,18-19,26,30H,2-7,10-11,16-17,20-21H2,1H3. The largest absolute Gasteiger partial charge is 0.373 e. The smallest absolute Gasteiger partial charge is 0.159 e. The fourth-order valence-corrected chi connectivity index (χ4v) is 4.74. The maximum atomic E-state index is 15.1. The number of hydrogen-bond donors (Lipinski definition) is 0. The molecule has 3 aromatic carbocycles. The minimum Gasteiger partial charge on any atom is -0.373 e. The molecule has 0 unspecified atom stereocenters. The molecule has 1 heterocycles. The summed E-state index contributed by atoms with van der Waals surface area (Å²) in [6.45, 7) is 4.07. The first kappa shape index (κ1) is 27.6. The molecule has 1 aliphatic heterocycles. The van der Waals surface area contributed by atoms with E-state index in [1.54, 1.807) is 6.07 Å². The van der Waals surface area contributed by atoms with Gasteiger partial charge in [-0.2, -0.15) is 0 Å². The Bertz CT molecular complexity index is 1140. The van der Waals surface area contributed by atoms with Gasteiger partial charge in [0.15, 0.2) is 17.9 Å². The highest BCUT2D eigenvalue weighted by Gasteiger charge is 2.22. The van der Waals surface area contributed by atoms with Gasteiger partial charge in [-0.3, -0.25) is 0 Å². The number of hydrogen-bond acceptors (Lipinski definition) is 3. The predicted molar refractivity (Wildman–Crippen MR) is 140 cm³/mol. The molecule has 3 nitrogen and oxygen atoms in total. The van der Waals surface area contributed by atoms with E-state index in [1.165, 1.54) is 37.8 Å². The number of aryl methyl sites for hydroxylation is 3. The molecule has 200 valence electrons. The van der Waals surface area contributed by atoms with Crippen LogP contribution in [-0.2, 0) is 33.5 Å². The maximum Gasteiger partial charge on any atom is 0.159 e. The Morgan fingerprint density at radius 3 is 2.32 bits per heavy atom. The van der Waals surface area contributed by atoms with Crippen molar-refractivity contribution in [2.75, 3.05) is 19.8 Å². The zero-order valence-electron chi connectivity index (χ0n) is 21.6. The van der Waals surface area contributed by atoms with Gasteiger partial charge in [0.1, 0.15) is 11.9 Å². The highest BCUT2D eigenvalue weighted by atomic mass is 19.2. The Morgan fingerprint density at radius 2 is 1.54 bits per heavy atom. The molecule has 0 bridgehead atoms. The number of halogens is 3. The molecule has 1 saturated heterocycles. The van der Waals surface area contributed by atoms with E-state index in [2.05, 4.69) is 6.92 Å². The zero-order valence-corrected chi connectivity index (χ0v) is 21.6. The zero-order chi connectivity index (χ0) is 26.0. The van der Waals surface area contributed by atoms with Gasteiger partial charge in [0.25, 0.3) is 0 Å². The normalized spacial score (nSPS) is 17.9. The second-order valence-corrected chi connectivity index (χ2v) is 9.88. The molecule has 0 atom stereocenters. The third-order valence-electron chi connectivity index (χ3n) is 6.97. The summed E-state index contributed by atoms with van der Waals surface area (Å²) in [6, 6.07) is 13.3. The van der Waals surface area contributed by atoms with Crippen LogP contribution in [0, 0.1) is 17.5 Å². The Balaban J connectivity index is 1.23. The number of fused-ring (bicyclic) bond motifs is 1. The van der Waals surface area contributed by atoms with E-state index in [-0.39, 0.29) is 18.2 Å². The molecule has 1 fully saturated rings. The molecule has 3 aromatic rings. The molecule has 0 radical (unpaired) electrons. The molecule has 0 saturated carbocycles. The Morgan fingerprint density at radius 1 is 0.784 bits per heavy atom. The van der Waals surface area contributed by atoms with Crippen molar-refractivity contribution >= 4 is 10.8 Å². The molecule has 6 heteroatoms. The van der Waals surface area contributed by atoms with E-state index in [9.17, 15) is 8.78 Å². The van der Waals surface area contributed by atoms with Crippen molar-refractivity contribution in [2.24, 2.45) is 0 Å². The van der Waals surface area contributed by atoms with E-state index in [1.807, 2.05) is 24.3 Å². The first-order valence-corrected chi connectivity index (χ1v) is 13.5. The minimum absolute atomic E-state index is 0.00217. The lowest BCUT2D eigenvalue weighted by Crippen LogP contribution is -2.37. The summed E-state index contributed by atoms with van der Waals surface area (Å²) < 4.78 is 59.3. The topological polar surface area (TPSA) is 27.7 Å². The lowest BCUT2D eigenvalue weighted by atomic mass is 9.98. The van der Waals surface area contributed by atoms with Crippen LogP contribution in [0.3, 0.4) is 0 Å². The second kappa shape index (κ2) is 13.9. The van der Waals surface area contributed by atoms with Crippen molar-refractivity contribution < 1.29 is 27.4 Å². The molecule has 1 aliphatic rings. The van der Waals surface area contributed by atoms with Crippen molar-refractivity contribution in [2.45, 2.75) is 77.1 Å². The van der Waals surface area contributed by atoms with Crippen molar-refractivity contribution in [1.82, 2.24) is 0 Å². The highest BCUT2D eigenvalue weighted by Crippen LogP contribution is 2.25. The van der Waals surface area contributed by atoms with E-state index >= 15 is 4.39 Å². The molecular formula is C31H37F3O3. The highest BCUT2D eigenvalue weighted by molar-refractivity contribution is 5.84. The summed E-state index contributed by atoms with van der Waals surface area (Å²) in [4.78, 5) is 0. The van der Waals surface area contributed by atoms with Gasteiger partial charge in [-0.05, 0) is 59.9 Å². The van der Waals surface area contributed by atoms with Gasteiger partial charge in [-0.25, -0.2) is 13.2 Å². The third-order valence-corrected chi connectivity index (χ3v) is 6.97. The van der Waals surface area contributed by atoms with E-state index in [0.717, 1.165) is 42.9 Å². The summed E-state index contributed by atoms with van der Waals surface area (Å²) in [5.74, 6) is -2.02. The molecule has 0 amide bonds. The minimum atomic E-state index is -0.880. The van der Waals surface area contributed by atoms with Crippen LogP contribution in [-0.4, -0.2) is 32.2 Å². The SMILES string of the molecule is CCCCCCCOC1COC(CCc2ccc3c(F)c(CCc4ccc(F)c(F)c4)ccc3c2)OC1. The third kappa shape index (κ3) is 8.03.